The summed E-state index contributed by atoms with van der Waals surface area (Å²) in [5.74, 6) is 2.75. The van der Waals surface area contributed by atoms with Crippen LogP contribution in [-0.4, -0.2) is 17.6 Å². The number of ether oxygens (including phenoxy) is 1. The van der Waals surface area contributed by atoms with Gasteiger partial charge in [0.1, 0.15) is 6.10 Å². The molecule has 0 saturated heterocycles. The number of fused-ring (bicyclic) bond motifs is 5. The maximum absolute atomic E-state index is 12.7. The molecule has 5 aliphatic carbocycles. The van der Waals surface area contributed by atoms with E-state index in [9.17, 15) is 4.79 Å². The Balaban J connectivity index is 1.27. The zero-order valence-electron chi connectivity index (χ0n) is 23.5. The lowest BCUT2D eigenvalue weighted by Gasteiger charge is -2.63. The van der Waals surface area contributed by atoms with E-state index in [2.05, 4.69) is 39.8 Å². The van der Waals surface area contributed by atoms with Crippen molar-refractivity contribution in [2.45, 2.75) is 129 Å². The number of allylic oxidation sites excluding steroid dienone is 2. The summed E-state index contributed by atoms with van der Waals surface area (Å²) in [5.41, 5.74) is 10.3. The molecule has 5 aliphatic rings. The normalized spacial score (nSPS) is 41.7. The molecule has 5 rings (SSSR count). The van der Waals surface area contributed by atoms with Crippen LogP contribution >= 0.6 is 0 Å². The zero-order valence-corrected chi connectivity index (χ0v) is 23.5. The highest BCUT2D eigenvalue weighted by atomic mass is 16.5. The van der Waals surface area contributed by atoms with Gasteiger partial charge in [-0.25, -0.2) is 4.79 Å². The van der Waals surface area contributed by atoms with Crippen LogP contribution in [0.1, 0.15) is 118 Å². The summed E-state index contributed by atoms with van der Waals surface area (Å²) in [4.78, 5) is 12.7. The lowest BCUT2D eigenvalue weighted by atomic mass is 9.44. The minimum atomic E-state index is -0.136. The molecule has 0 aromatic heterocycles. The summed E-state index contributed by atoms with van der Waals surface area (Å²) in [6, 6.07) is 0. The monoisotopic (exact) mass is 493 g/mol. The second-order valence-electron chi connectivity index (χ2n) is 14.0. The Morgan fingerprint density at radius 2 is 1.89 bits per heavy atom. The maximum atomic E-state index is 12.7. The molecule has 0 aromatic rings. The highest BCUT2D eigenvalue weighted by Crippen LogP contribution is 2.67. The molecular weight excluding hydrogens is 442 g/mol. The van der Waals surface area contributed by atoms with E-state index in [4.69, 9.17) is 10.5 Å². The summed E-state index contributed by atoms with van der Waals surface area (Å²) in [6.07, 6.45) is 25.3. The molecule has 0 amide bonds. The number of esters is 1. The van der Waals surface area contributed by atoms with Crippen molar-refractivity contribution in [3.8, 4) is 0 Å². The Kier molecular flexibility index (Phi) is 7.36. The number of hydrogen-bond donors (Lipinski definition) is 1. The molecule has 3 nitrogen and oxygen atoms in total. The molecule has 3 heteroatoms. The molecule has 3 saturated carbocycles. The van der Waals surface area contributed by atoms with Gasteiger partial charge in [0.2, 0.25) is 0 Å². The van der Waals surface area contributed by atoms with Gasteiger partial charge in [-0.15, -0.1) is 0 Å². The van der Waals surface area contributed by atoms with Crippen molar-refractivity contribution in [2.24, 2.45) is 40.2 Å². The van der Waals surface area contributed by atoms with Crippen LogP contribution in [0.5, 0.6) is 0 Å². The van der Waals surface area contributed by atoms with Crippen LogP contribution in [0.4, 0.5) is 0 Å². The number of carbonyl (C=O) groups excluding carboxylic acids is 1. The third-order valence-electron chi connectivity index (χ3n) is 11.5. The van der Waals surface area contributed by atoms with Gasteiger partial charge in [0.25, 0.3) is 0 Å². The summed E-state index contributed by atoms with van der Waals surface area (Å²) < 4.78 is 6.02. The lowest BCUT2D eigenvalue weighted by molar-refractivity contribution is -0.146. The fourth-order valence-corrected chi connectivity index (χ4v) is 9.45. The van der Waals surface area contributed by atoms with Crippen LogP contribution in [0.25, 0.3) is 0 Å². The Bertz CT molecular complexity index is 930. The molecule has 0 heterocycles. The molecule has 7 unspecified atom stereocenters. The number of unbranched alkanes of at least 4 members (excludes halogenated alkanes) is 1. The third-order valence-corrected chi connectivity index (χ3v) is 11.5. The summed E-state index contributed by atoms with van der Waals surface area (Å²) in [6.45, 7) is 9.80. The minimum absolute atomic E-state index is 0.00822. The molecule has 0 bridgehead atoms. The average Bonchev–Trinajstić information content (AvgIpc) is 3.20. The molecule has 7 atom stereocenters. The molecule has 0 aromatic carbocycles. The topological polar surface area (TPSA) is 52.3 Å². The van der Waals surface area contributed by atoms with Crippen molar-refractivity contribution < 1.29 is 9.53 Å². The fourth-order valence-electron chi connectivity index (χ4n) is 9.45. The van der Waals surface area contributed by atoms with Crippen molar-refractivity contribution in [3.05, 3.63) is 35.5 Å². The maximum Gasteiger partial charge on any atom is 0.338 e. The van der Waals surface area contributed by atoms with E-state index in [1.54, 1.807) is 0 Å². The highest BCUT2D eigenvalue weighted by Gasteiger charge is 2.64. The largest absolute Gasteiger partial charge is 0.458 e. The average molecular weight is 494 g/mol. The first-order valence-corrected chi connectivity index (χ1v) is 15.2. The molecular formula is C33H51NO2. The predicted molar refractivity (Wildman–Crippen MR) is 148 cm³/mol. The van der Waals surface area contributed by atoms with Crippen LogP contribution in [0.2, 0.25) is 0 Å². The van der Waals surface area contributed by atoms with Gasteiger partial charge in [-0.05, 0) is 98.7 Å². The van der Waals surface area contributed by atoms with E-state index in [0.717, 1.165) is 55.9 Å². The van der Waals surface area contributed by atoms with Crippen molar-refractivity contribution in [2.75, 3.05) is 0 Å². The van der Waals surface area contributed by atoms with Crippen molar-refractivity contribution in [3.63, 3.8) is 0 Å². The van der Waals surface area contributed by atoms with E-state index < -0.39 is 0 Å². The van der Waals surface area contributed by atoms with E-state index in [-0.39, 0.29) is 23.0 Å². The van der Waals surface area contributed by atoms with Gasteiger partial charge in [0.15, 0.2) is 0 Å². The van der Waals surface area contributed by atoms with Gasteiger partial charge in [0.05, 0.1) is 5.57 Å². The van der Waals surface area contributed by atoms with Crippen LogP contribution < -0.4 is 5.73 Å². The van der Waals surface area contributed by atoms with E-state index >= 15 is 0 Å². The summed E-state index contributed by atoms with van der Waals surface area (Å²) in [7, 11) is 0. The van der Waals surface area contributed by atoms with Gasteiger partial charge in [-0.3, -0.25) is 0 Å². The second kappa shape index (κ2) is 10.1. The van der Waals surface area contributed by atoms with Crippen molar-refractivity contribution >= 4 is 5.97 Å². The van der Waals surface area contributed by atoms with Crippen molar-refractivity contribution in [1.29, 1.82) is 0 Å². The first kappa shape index (κ1) is 26.3. The Morgan fingerprint density at radius 1 is 1.06 bits per heavy atom. The Labute approximate surface area is 220 Å². The highest BCUT2D eigenvalue weighted by molar-refractivity contribution is 5.91. The van der Waals surface area contributed by atoms with Crippen molar-refractivity contribution in [1.82, 2.24) is 0 Å². The third kappa shape index (κ3) is 4.56. The first-order chi connectivity index (χ1) is 17.2. The molecule has 3 fully saturated rings. The SMILES string of the molecule is CC(C)CCCCC1CCC2C1(C)CCC1C3(C)CCC(OC(=O)C4=CCCC=C4)CC3=CCC12N. The van der Waals surface area contributed by atoms with Crippen LogP contribution in [0, 0.1) is 34.5 Å². The number of nitrogens with two attached hydrogens (primary N) is 1. The van der Waals surface area contributed by atoms with Crippen LogP contribution in [0.15, 0.2) is 35.5 Å². The van der Waals surface area contributed by atoms with Gasteiger partial charge < -0.3 is 10.5 Å². The quantitative estimate of drug-likeness (QED) is 0.222. The van der Waals surface area contributed by atoms with Gasteiger partial charge >= 0.3 is 5.97 Å². The van der Waals surface area contributed by atoms with E-state index in [1.165, 1.54) is 56.9 Å². The van der Waals surface area contributed by atoms with Gasteiger partial charge in [-0.2, -0.15) is 0 Å². The fraction of sp³-hybridized carbons (Fsp3) is 0.788. The van der Waals surface area contributed by atoms with Crippen LogP contribution in [-0.2, 0) is 9.53 Å². The van der Waals surface area contributed by atoms with Gasteiger partial charge in [0, 0.05) is 12.0 Å². The zero-order chi connectivity index (χ0) is 25.6. The Morgan fingerprint density at radius 3 is 2.64 bits per heavy atom. The minimum Gasteiger partial charge on any atom is -0.458 e. The standard InChI is InChI=1S/C33H51NO2/c1-23(2)10-8-9-13-25-14-15-28-31(25,3)20-18-29-32(4)19-17-27(22-26(32)16-21-33(28,29)34)36-30(35)24-11-6-5-7-12-24/h6,11-12,16,23,25,27-29H,5,7-10,13-15,17-22,34H2,1-4H3. The molecule has 36 heavy (non-hydrogen) atoms. The molecule has 0 aliphatic heterocycles. The number of rotatable bonds is 7. The summed E-state index contributed by atoms with van der Waals surface area (Å²) >= 11 is 0. The molecule has 0 spiro atoms. The Hall–Kier alpha value is -1.35. The van der Waals surface area contributed by atoms with E-state index in [1.807, 2.05) is 12.2 Å². The lowest BCUT2D eigenvalue weighted by Crippen LogP contribution is -2.66. The number of hydrogen-bond acceptors (Lipinski definition) is 3. The van der Waals surface area contributed by atoms with E-state index in [0.29, 0.717) is 17.3 Å². The molecule has 0 radical (unpaired) electrons. The predicted octanol–water partition coefficient (Wildman–Crippen LogP) is 8.05. The first-order valence-electron chi connectivity index (χ1n) is 15.2. The van der Waals surface area contributed by atoms with Crippen LogP contribution in [0.3, 0.4) is 0 Å². The smallest absolute Gasteiger partial charge is 0.338 e. The molecule has 200 valence electrons. The second-order valence-corrected chi connectivity index (χ2v) is 14.0. The summed E-state index contributed by atoms with van der Waals surface area (Å²) in [5, 5.41) is 0. The van der Waals surface area contributed by atoms with Gasteiger partial charge in [-0.1, -0.05) is 76.8 Å². The number of carbonyl (C=O) groups is 1. The molecule has 2 N–H and O–H groups in total.